The molecule has 4 rings (SSSR count). The van der Waals surface area contributed by atoms with Gasteiger partial charge in [-0.3, -0.25) is 0 Å². The summed E-state index contributed by atoms with van der Waals surface area (Å²) in [7, 11) is 0. The van der Waals surface area contributed by atoms with Gasteiger partial charge in [0.05, 0.1) is 37.6 Å². The summed E-state index contributed by atoms with van der Waals surface area (Å²) in [5.41, 5.74) is 0.862. The lowest BCUT2D eigenvalue weighted by Gasteiger charge is -2.17. The van der Waals surface area contributed by atoms with Crippen molar-refractivity contribution in [1.29, 1.82) is 0 Å². The average Bonchev–Trinajstić information content (AvgIpc) is 3.63. The van der Waals surface area contributed by atoms with Gasteiger partial charge in [0.25, 0.3) is 0 Å². The van der Waals surface area contributed by atoms with E-state index >= 15 is 0 Å². The molecular weight excluding hydrogens is 560 g/mol. The summed E-state index contributed by atoms with van der Waals surface area (Å²) in [6.45, 7) is 6.13. The fourth-order valence-electron chi connectivity index (χ4n) is 5.56. The van der Waals surface area contributed by atoms with Gasteiger partial charge in [-0.2, -0.15) is 0 Å². The molecular formula is C36H50O8. The lowest BCUT2D eigenvalue weighted by molar-refractivity contribution is -0.0287. The average molecular weight is 611 g/mol. The number of esters is 2. The third kappa shape index (κ3) is 10.5. The monoisotopic (exact) mass is 610 g/mol. The van der Waals surface area contributed by atoms with Crippen LogP contribution in [0.15, 0.2) is 48.5 Å². The highest BCUT2D eigenvalue weighted by Gasteiger charge is 2.51. The molecule has 0 aliphatic carbocycles. The standard InChI is InChI=1S/C36H50O8/c1-3-5-7-9-11-13-23-39-29-19-15-27(16-20-29)35(37)43-31-25-41-34-32(26-42-33(31)34)44-36(38)28-17-21-30(22-18-28)40-24-14-12-10-8-6-4-2/h15-22,31-34H,3-14,23-26H2,1-2H3/t31-,32+,33-,34-/m1/s1. The van der Waals surface area contributed by atoms with Crippen molar-refractivity contribution in [3.8, 4) is 11.5 Å². The summed E-state index contributed by atoms with van der Waals surface area (Å²) in [6, 6.07) is 14.0. The molecule has 0 saturated carbocycles. The summed E-state index contributed by atoms with van der Waals surface area (Å²) in [5, 5.41) is 0. The Balaban J connectivity index is 1.15. The van der Waals surface area contributed by atoms with E-state index in [9.17, 15) is 9.59 Å². The summed E-state index contributed by atoms with van der Waals surface area (Å²) >= 11 is 0. The highest BCUT2D eigenvalue weighted by Crippen LogP contribution is 2.32. The Morgan fingerprint density at radius 3 is 1.32 bits per heavy atom. The van der Waals surface area contributed by atoms with Crippen molar-refractivity contribution in [3.05, 3.63) is 59.7 Å². The first kappa shape index (κ1) is 33.8. The van der Waals surface area contributed by atoms with Crippen LogP contribution in [-0.4, -0.2) is 62.8 Å². The number of benzene rings is 2. The highest BCUT2D eigenvalue weighted by atomic mass is 16.7. The van der Waals surface area contributed by atoms with E-state index in [2.05, 4.69) is 13.8 Å². The molecule has 0 aromatic heterocycles. The molecule has 2 heterocycles. The molecule has 2 saturated heterocycles. The van der Waals surface area contributed by atoms with Gasteiger partial charge in [0, 0.05) is 0 Å². The normalized spacial score (nSPS) is 20.7. The maximum Gasteiger partial charge on any atom is 0.338 e. The summed E-state index contributed by atoms with van der Waals surface area (Å²) in [6.07, 6.45) is 12.3. The first-order valence-electron chi connectivity index (χ1n) is 16.7. The van der Waals surface area contributed by atoms with Gasteiger partial charge in [-0.05, 0) is 61.4 Å². The van der Waals surface area contributed by atoms with Crippen molar-refractivity contribution in [3.63, 3.8) is 0 Å². The van der Waals surface area contributed by atoms with Gasteiger partial charge in [0.2, 0.25) is 0 Å². The van der Waals surface area contributed by atoms with E-state index in [-0.39, 0.29) is 13.2 Å². The molecule has 8 heteroatoms. The Morgan fingerprint density at radius 1 is 0.568 bits per heavy atom. The number of unbranched alkanes of at least 4 members (excludes halogenated alkanes) is 10. The molecule has 242 valence electrons. The second-order valence-electron chi connectivity index (χ2n) is 11.8. The molecule has 2 aromatic rings. The zero-order chi connectivity index (χ0) is 31.0. The summed E-state index contributed by atoms with van der Waals surface area (Å²) < 4.78 is 34.8. The van der Waals surface area contributed by atoms with Crippen molar-refractivity contribution in [1.82, 2.24) is 0 Å². The number of fused-ring (bicyclic) bond motifs is 1. The number of hydrogen-bond acceptors (Lipinski definition) is 8. The molecule has 44 heavy (non-hydrogen) atoms. The van der Waals surface area contributed by atoms with Crippen LogP contribution in [0.3, 0.4) is 0 Å². The molecule has 0 amide bonds. The Labute approximate surface area is 262 Å². The SMILES string of the molecule is CCCCCCCCOc1ccc(C(=O)O[C@H]2CO[C@H]3[C@@H]2OC[C@H]3OC(=O)c2ccc(OCCCCCCCC)cc2)cc1. The van der Waals surface area contributed by atoms with E-state index in [1.165, 1.54) is 64.2 Å². The number of rotatable bonds is 20. The van der Waals surface area contributed by atoms with Crippen LogP contribution in [0.25, 0.3) is 0 Å². The molecule has 0 N–H and O–H groups in total. The fourth-order valence-corrected chi connectivity index (χ4v) is 5.56. The predicted molar refractivity (Wildman–Crippen MR) is 169 cm³/mol. The van der Waals surface area contributed by atoms with Gasteiger partial charge in [0.15, 0.2) is 12.2 Å². The van der Waals surface area contributed by atoms with Crippen molar-refractivity contribution < 1.29 is 38.0 Å². The lowest BCUT2D eigenvalue weighted by Crippen LogP contribution is -2.36. The highest BCUT2D eigenvalue weighted by molar-refractivity contribution is 5.90. The molecule has 0 radical (unpaired) electrons. The quantitative estimate of drug-likeness (QED) is 0.111. The summed E-state index contributed by atoms with van der Waals surface area (Å²) in [4.78, 5) is 25.6. The van der Waals surface area contributed by atoms with Gasteiger partial charge in [-0.1, -0.05) is 78.1 Å². The first-order chi connectivity index (χ1) is 21.6. The van der Waals surface area contributed by atoms with E-state index in [1.807, 2.05) is 0 Å². The van der Waals surface area contributed by atoms with Crippen LogP contribution in [0.1, 0.15) is 112 Å². The topological polar surface area (TPSA) is 89.5 Å². The van der Waals surface area contributed by atoms with Gasteiger partial charge in [-0.15, -0.1) is 0 Å². The molecule has 2 aliphatic heterocycles. The van der Waals surface area contributed by atoms with Crippen LogP contribution >= 0.6 is 0 Å². The van der Waals surface area contributed by atoms with Crippen LogP contribution in [0.2, 0.25) is 0 Å². The Morgan fingerprint density at radius 2 is 0.932 bits per heavy atom. The molecule has 2 aromatic carbocycles. The predicted octanol–water partition coefficient (Wildman–Crippen LogP) is 7.71. The number of carbonyl (C=O) groups excluding carboxylic acids is 2. The molecule has 4 atom stereocenters. The smallest absolute Gasteiger partial charge is 0.338 e. The van der Waals surface area contributed by atoms with Crippen molar-refractivity contribution >= 4 is 11.9 Å². The largest absolute Gasteiger partial charge is 0.494 e. The van der Waals surface area contributed by atoms with Crippen LogP contribution in [0.5, 0.6) is 11.5 Å². The minimum atomic E-state index is -0.581. The molecule has 0 unspecified atom stereocenters. The van der Waals surface area contributed by atoms with Crippen molar-refractivity contribution in [2.45, 2.75) is 115 Å². The van der Waals surface area contributed by atoms with Crippen molar-refractivity contribution in [2.75, 3.05) is 26.4 Å². The van der Waals surface area contributed by atoms with Crippen LogP contribution < -0.4 is 9.47 Å². The maximum absolute atomic E-state index is 12.8. The zero-order valence-corrected chi connectivity index (χ0v) is 26.5. The minimum Gasteiger partial charge on any atom is -0.494 e. The molecule has 8 nitrogen and oxygen atoms in total. The molecule has 0 bridgehead atoms. The summed E-state index contributed by atoms with van der Waals surface area (Å²) in [5.74, 6) is 0.561. The second kappa shape index (κ2) is 18.6. The van der Waals surface area contributed by atoms with Gasteiger partial charge >= 0.3 is 11.9 Å². The third-order valence-corrected chi connectivity index (χ3v) is 8.19. The second-order valence-corrected chi connectivity index (χ2v) is 11.8. The fraction of sp³-hybridized carbons (Fsp3) is 0.611. The Bertz CT molecular complexity index is 1030. The van der Waals surface area contributed by atoms with E-state index in [4.69, 9.17) is 28.4 Å². The van der Waals surface area contributed by atoms with E-state index in [0.29, 0.717) is 24.3 Å². The number of carbonyl (C=O) groups is 2. The zero-order valence-electron chi connectivity index (χ0n) is 26.5. The van der Waals surface area contributed by atoms with Gasteiger partial charge in [0.1, 0.15) is 23.7 Å². The van der Waals surface area contributed by atoms with Crippen LogP contribution in [-0.2, 0) is 18.9 Å². The number of hydrogen-bond donors (Lipinski definition) is 0. The third-order valence-electron chi connectivity index (χ3n) is 8.19. The Kier molecular flexibility index (Phi) is 14.3. The first-order valence-corrected chi connectivity index (χ1v) is 16.7. The van der Waals surface area contributed by atoms with Crippen molar-refractivity contribution in [2.24, 2.45) is 0 Å². The van der Waals surface area contributed by atoms with E-state index < -0.39 is 36.4 Å². The van der Waals surface area contributed by atoms with E-state index in [1.54, 1.807) is 48.5 Å². The van der Waals surface area contributed by atoms with Gasteiger partial charge in [-0.25, -0.2) is 9.59 Å². The molecule has 2 fully saturated rings. The molecule has 0 spiro atoms. The van der Waals surface area contributed by atoms with E-state index in [0.717, 1.165) is 24.3 Å². The Hall–Kier alpha value is -3.10. The van der Waals surface area contributed by atoms with Gasteiger partial charge < -0.3 is 28.4 Å². The van der Waals surface area contributed by atoms with Crippen LogP contribution in [0, 0.1) is 0 Å². The minimum absolute atomic E-state index is 0.180. The van der Waals surface area contributed by atoms with Crippen LogP contribution in [0.4, 0.5) is 0 Å². The maximum atomic E-state index is 12.8. The molecule has 2 aliphatic rings. The number of ether oxygens (including phenoxy) is 6. The lowest BCUT2D eigenvalue weighted by atomic mass is 10.1.